The van der Waals surface area contributed by atoms with E-state index in [2.05, 4.69) is 4.74 Å². The summed E-state index contributed by atoms with van der Waals surface area (Å²) in [5.74, 6) is -5.95. The van der Waals surface area contributed by atoms with Crippen LogP contribution in [0.1, 0.15) is 40.9 Å². The first-order valence-electron chi connectivity index (χ1n) is 11.3. The van der Waals surface area contributed by atoms with Crippen molar-refractivity contribution < 1.29 is 30.8 Å². The van der Waals surface area contributed by atoms with Crippen molar-refractivity contribution in [3.63, 3.8) is 0 Å². The molecule has 1 atom stereocenters. The van der Waals surface area contributed by atoms with Crippen LogP contribution in [-0.4, -0.2) is 25.3 Å². The second kappa shape index (κ2) is 7.69. The highest BCUT2D eigenvalue weighted by atomic mass is 16.5. The molecule has 1 rings (SSSR count). The average molecular weight is 275 g/mol. The Hall–Kier alpha value is -1.68. The Balaban J connectivity index is 3.54. The minimum Gasteiger partial charge on any atom is -0.384 e. The van der Waals surface area contributed by atoms with Gasteiger partial charge in [0.1, 0.15) is 5.78 Å². The van der Waals surface area contributed by atoms with E-state index in [0.717, 1.165) is 6.92 Å². The molecule has 0 fully saturated rings. The van der Waals surface area contributed by atoms with Crippen molar-refractivity contribution in [1.29, 1.82) is 0 Å². The predicted octanol–water partition coefficient (Wildman–Crippen LogP) is 1.85. The van der Waals surface area contributed by atoms with Crippen molar-refractivity contribution >= 4 is 11.7 Å². The Morgan fingerprint density at radius 3 is 2.79 bits per heavy atom. The van der Waals surface area contributed by atoms with E-state index in [1.165, 1.54) is 6.92 Å². The number of methoxy groups -OCH3 is 1. The molecule has 0 aliphatic heterocycles. The Kier molecular flexibility index (Phi) is 2.17. The fourth-order valence-corrected chi connectivity index (χ4v) is 1.11. The lowest BCUT2D eigenvalue weighted by molar-refractivity contribution is -0.130. The molecule has 0 saturated heterocycles. The Labute approximate surface area is 131 Å². The summed E-state index contributed by atoms with van der Waals surface area (Å²) in [5, 5.41) is 1.61. The molecule has 0 aromatic heterocycles. The number of hydrogen-bond donors (Lipinski definition) is 1. The van der Waals surface area contributed by atoms with Crippen molar-refractivity contribution in [2.24, 2.45) is 5.89 Å². The quantitative estimate of drug-likeness (QED) is 0.826. The maximum atomic E-state index is 12.8. The summed E-state index contributed by atoms with van der Waals surface area (Å²) in [5.41, 5.74) is -0.960. The Morgan fingerprint density at radius 2 is 2.21 bits per heavy atom. The lowest BCUT2D eigenvalue weighted by Gasteiger charge is -2.14. The fourth-order valence-electron chi connectivity index (χ4n) is 1.11. The van der Waals surface area contributed by atoms with E-state index in [9.17, 15) is 9.59 Å². The molecule has 4 heteroatoms. The predicted molar refractivity (Wildman–Crippen MR) is 73.7 cm³/mol. The van der Waals surface area contributed by atoms with Crippen LogP contribution in [0, 0.1) is 12.8 Å². The van der Waals surface area contributed by atoms with E-state index >= 15 is 0 Å². The number of rotatable bonds is 7. The van der Waals surface area contributed by atoms with Crippen LogP contribution < -0.4 is 5.32 Å². The zero-order valence-corrected chi connectivity index (χ0v) is 10.4. The van der Waals surface area contributed by atoms with Crippen LogP contribution in [0.15, 0.2) is 24.2 Å². The van der Waals surface area contributed by atoms with Gasteiger partial charge in [0.05, 0.1) is 27.5 Å². The van der Waals surface area contributed by atoms with Gasteiger partial charge in [0.2, 0.25) is 5.91 Å². The minimum atomic E-state index is -3.58. The molecule has 4 nitrogen and oxygen atoms in total. The minimum absolute atomic E-state index is 0.0743. The van der Waals surface area contributed by atoms with Gasteiger partial charge in [-0.2, -0.15) is 0 Å². The highest BCUT2D eigenvalue weighted by Crippen LogP contribution is 2.07. The van der Waals surface area contributed by atoms with Crippen LogP contribution in [0.4, 0.5) is 0 Å². The smallest absolute Gasteiger partial charge is 0.226 e. The van der Waals surface area contributed by atoms with Gasteiger partial charge in [0, 0.05) is 21.3 Å². The lowest BCUT2D eigenvalue weighted by Crippen LogP contribution is -2.33. The molecule has 1 aromatic carbocycles. The number of Topliss-reactive ketones (excluding diaryl/α,β-unsaturated/α-hetero) is 1. The van der Waals surface area contributed by atoms with Crippen molar-refractivity contribution in [2.45, 2.75) is 26.8 Å². The van der Waals surface area contributed by atoms with Gasteiger partial charge in [-0.3, -0.25) is 4.79 Å². The Morgan fingerprint density at radius 1 is 1.53 bits per heavy atom. The summed E-state index contributed by atoms with van der Waals surface area (Å²) in [4.78, 5) is 24.4. The van der Waals surface area contributed by atoms with Crippen LogP contribution in [0.3, 0.4) is 0 Å². The molecule has 0 radical (unpaired) electrons. The molecule has 1 unspecified atom stereocenters. The van der Waals surface area contributed by atoms with Crippen LogP contribution in [0.2, 0.25) is 0 Å². The average Bonchev–Trinajstić information content (AvgIpc) is 2.54. The van der Waals surface area contributed by atoms with E-state index in [1.54, 1.807) is 5.32 Å². The molecule has 1 amide bonds. The van der Waals surface area contributed by atoms with E-state index in [1.807, 2.05) is 0 Å². The lowest BCUT2D eigenvalue weighted by atomic mass is 10.0. The third kappa shape index (κ3) is 5.66. The fraction of sp³-hybridized carbons (Fsp3) is 0.467. The molecule has 19 heavy (non-hydrogen) atoms. The second-order valence-corrected chi connectivity index (χ2v) is 3.64. The number of carbonyl (C=O) groups is 2. The largest absolute Gasteiger partial charge is 0.384 e. The van der Waals surface area contributed by atoms with Gasteiger partial charge in [-0.25, -0.2) is 0 Å². The number of carbonyl (C=O) groups excluding carboxylic acids is 2. The maximum Gasteiger partial charge on any atom is 0.226 e. The summed E-state index contributed by atoms with van der Waals surface area (Å²) in [6.45, 7) is -4.55. The second-order valence-electron chi connectivity index (χ2n) is 3.64. The van der Waals surface area contributed by atoms with Gasteiger partial charge in [-0.05, 0) is 19.4 Å². The highest BCUT2D eigenvalue weighted by molar-refractivity contribution is 5.85. The number of hydrogen-bond acceptors (Lipinski definition) is 3. The molecule has 0 aliphatic carbocycles. The molecule has 0 saturated carbocycles. The number of ether oxygens (including phenoxy) is 1. The summed E-state index contributed by atoms with van der Waals surface area (Å²) in [6, 6.07) is -2.77. The standard InChI is InChI=1S/C15H21NO3/c1-11-4-6-13(7-5-11)9-16-15(18)14(10-19-3)8-12(2)17/h4-7,14H,8-10H2,1-3H3,(H,16,18)/i3D3,4D,5D,6D,7D,9D2,10D2,14D. The van der Waals surface area contributed by atoms with E-state index < -0.39 is 73.8 Å². The number of benzene rings is 1. The molecule has 0 aliphatic rings. The van der Waals surface area contributed by atoms with Crippen molar-refractivity contribution in [2.75, 3.05) is 13.6 Å². The maximum absolute atomic E-state index is 12.8. The molecule has 104 valence electrons. The number of ketones is 1. The molecular weight excluding hydrogens is 242 g/mol. The Bertz CT molecular complexity index is 869. The van der Waals surface area contributed by atoms with Crippen LogP contribution in [0.25, 0.3) is 0 Å². The zero-order valence-electron chi connectivity index (χ0n) is 22.4. The van der Waals surface area contributed by atoms with Crippen molar-refractivity contribution in [3.05, 3.63) is 35.3 Å². The zero-order chi connectivity index (χ0) is 24.7. The summed E-state index contributed by atoms with van der Waals surface area (Å²) in [6.07, 6.45) is -1.18. The van der Waals surface area contributed by atoms with Gasteiger partial charge in [-0.1, -0.05) is 29.7 Å². The normalized spacial score (nSPS) is 24.9. The van der Waals surface area contributed by atoms with Gasteiger partial charge in [-0.15, -0.1) is 0 Å². The van der Waals surface area contributed by atoms with Crippen LogP contribution in [-0.2, 0) is 20.8 Å². The highest BCUT2D eigenvalue weighted by Gasteiger charge is 2.19. The van der Waals surface area contributed by atoms with Gasteiger partial charge >= 0.3 is 0 Å². The molecule has 1 N–H and O–H groups in total. The topological polar surface area (TPSA) is 55.4 Å². The summed E-state index contributed by atoms with van der Waals surface area (Å²) < 4.78 is 96.7. The van der Waals surface area contributed by atoms with Crippen LogP contribution in [0.5, 0.6) is 0 Å². The number of amides is 1. The van der Waals surface area contributed by atoms with Crippen molar-refractivity contribution in [1.82, 2.24) is 5.32 Å². The molecule has 0 heterocycles. The third-order valence-corrected chi connectivity index (χ3v) is 1.93. The SMILES string of the molecule is [2H]c1c([2H])c(C([2H])([2H])NC(=O)C([2H])(CC(C)=O)C([2H])([2H])OC([2H])([2H])[2H])c([2H])c([2H])c1C. The van der Waals surface area contributed by atoms with Gasteiger partial charge in [0.15, 0.2) is 0 Å². The van der Waals surface area contributed by atoms with E-state index in [0.29, 0.717) is 0 Å². The molecule has 1 aromatic rings. The summed E-state index contributed by atoms with van der Waals surface area (Å²) in [7, 11) is -3.40. The van der Waals surface area contributed by atoms with Gasteiger partial charge < -0.3 is 14.8 Å². The monoisotopic (exact) mass is 275 g/mol. The summed E-state index contributed by atoms with van der Waals surface area (Å²) >= 11 is 0. The first-order valence-corrected chi connectivity index (χ1v) is 5.27. The van der Waals surface area contributed by atoms with E-state index in [-0.39, 0.29) is 5.56 Å². The molecular formula is C15H21NO3. The first kappa shape index (κ1) is 5.37. The van der Waals surface area contributed by atoms with Gasteiger partial charge in [0.25, 0.3) is 0 Å². The number of nitrogens with one attached hydrogen (secondary N) is 1. The van der Waals surface area contributed by atoms with Crippen LogP contribution >= 0.6 is 0 Å². The van der Waals surface area contributed by atoms with Crippen molar-refractivity contribution in [3.8, 4) is 0 Å². The third-order valence-electron chi connectivity index (χ3n) is 1.93. The van der Waals surface area contributed by atoms with E-state index in [4.69, 9.17) is 16.4 Å². The first-order chi connectivity index (χ1) is 13.7. The molecule has 0 spiro atoms. The molecule has 0 bridgehead atoms.